The fourth-order valence-electron chi connectivity index (χ4n) is 3.77. The third kappa shape index (κ3) is 3.74. The predicted octanol–water partition coefficient (Wildman–Crippen LogP) is 5.36. The Labute approximate surface area is 193 Å². The second-order valence-electron chi connectivity index (χ2n) is 7.33. The minimum absolute atomic E-state index is 0.255. The first-order chi connectivity index (χ1) is 15.1. The van der Waals surface area contributed by atoms with E-state index in [1.807, 2.05) is 66.7 Å². The molecule has 4 aromatic carbocycles. The van der Waals surface area contributed by atoms with Gasteiger partial charge in [-0.15, -0.1) is 0 Å². The highest BCUT2D eigenvalue weighted by Gasteiger charge is 2.34. The molecule has 0 saturated heterocycles. The molecular weight excluding hydrogens is 501 g/mol. The lowest BCUT2D eigenvalue weighted by Gasteiger charge is -2.38. The normalized spacial score (nSPS) is 15.3. The smallest absolute Gasteiger partial charge is 0.276 e. The van der Waals surface area contributed by atoms with Crippen LogP contribution >= 0.6 is 22.6 Å². The van der Waals surface area contributed by atoms with Gasteiger partial charge in [0.25, 0.3) is 11.8 Å². The van der Waals surface area contributed by atoms with Crippen molar-refractivity contribution < 1.29 is 9.59 Å². The van der Waals surface area contributed by atoms with E-state index in [2.05, 4.69) is 33.3 Å². The molecule has 0 radical (unpaired) electrons. The average Bonchev–Trinajstić information content (AvgIpc) is 2.81. The fraction of sp³-hybridized carbons (Fsp3) is 0.0400. The summed E-state index contributed by atoms with van der Waals surface area (Å²) in [5.74, 6) is -0.592. The van der Waals surface area contributed by atoms with Crippen molar-refractivity contribution in [3.05, 3.63) is 111 Å². The summed E-state index contributed by atoms with van der Waals surface area (Å²) in [6, 6.07) is 28.7. The van der Waals surface area contributed by atoms with Crippen LogP contribution in [0.4, 0.5) is 5.69 Å². The Morgan fingerprint density at radius 1 is 0.871 bits per heavy atom. The van der Waals surface area contributed by atoms with Gasteiger partial charge in [0.15, 0.2) is 0 Å². The third-order valence-electron chi connectivity index (χ3n) is 5.33. The molecule has 4 aromatic rings. The van der Waals surface area contributed by atoms with Crippen LogP contribution in [0.15, 0.2) is 91.0 Å². The summed E-state index contributed by atoms with van der Waals surface area (Å²) in [5.41, 5.74) is 5.46. The summed E-state index contributed by atoms with van der Waals surface area (Å²) < 4.78 is 0.949. The standard InChI is InChI=1S/C25H18IN3O2/c26-20-12-13-22-21(15-20)25(31)29(28-24(30)17-7-2-1-3-8-17)23(27-22)19-11-10-16-6-4-5-9-18(16)14-19/h1-15,23,27H,(H,28,30). The van der Waals surface area contributed by atoms with Gasteiger partial charge in [0.2, 0.25) is 0 Å². The lowest BCUT2D eigenvalue weighted by atomic mass is 10.0. The van der Waals surface area contributed by atoms with Crippen molar-refractivity contribution in [1.29, 1.82) is 0 Å². The van der Waals surface area contributed by atoms with Crippen molar-refractivity contribution in [3.63, 3.8) is 0 Å². The van der Waals surface area contributed by atoms with Crippen LogP contribution in [0.2, 0.25) is 0 Å². The molecule has 5 nitrogen and oxygen atoms in total. The molecule has 31 heavy (non-hydrogen) atoms. The number of amides is 2. The molecular formula is C25H18IN3O2. The molecule has 0 aliphatic carbocycles. The third-order valence-corrected chi connectivity index (χ3v) is 6.00. The van der Waals surface area contributed by atoms with Crippen LogP contribution < -0.4 is 10.7 Å². The first-order valence-electron chi connectivity index (χ1n) is 9.84. The Morgan fingerprint density at radius 2 is 1.61 bits per heavy atom. The molecule has 0 aromatic heterocycles. The zero-order chi connectivity index (χ0) is 21.4. The highest BCUT2D eigenvalue weighted by molar-refractivity contribution is 14.1. The number of benzene rings is 4. The van der Waals surface area contributed by atoms with Crippen LogP contribution in [-0.4, -0.2) is 16.8 Å². The number of nitrogens with zero attached hydrogens (tertiary/aromatic N) is 1. The monoisotopic (exact) mass is 519 g/mol. The SMILES string of the molecule is O=C(NN1C(=O)c2cc(I)ccc2NC1c1ccc2ccccc2c1)c1ccccc1. The first-order valence-corrected chi connectivity index (χ1v) is 10.9. The molecule has 0 saturated carbocycles. The minimum atomic E-state index is -0.544. The summed E-state index contributed by atoms with van der Waals surface area (Å²) in [6.07, 6.45) is -0.544. The minimum Gasteiger partial charge on any atom is -0.359 e. The highest BCUT2D eigenvalue weighted by atomic mass is 127. The number of halogens is 1. The summed E-state index contributed by atoms with van der Waals surface area (Å²) in [6.45, 7) is 0. The second kappa shape index (κ2) is 8.03. The van der Waals surface area contributed by atoms with Crippen LogP contribution in [0.25, 0.3) is 10.8 Å². The summed E-state index contributed by atoms with van der Waals surface area (Å²) in [4.78, 5) is 26.3. The van der Waals surface area contributed by atoms with Gasteiger partial charge in [-0.1, -0.05) is 54.6 Å². The molecule has 1 unspecified atom stereocenters. The van der Waals surface area contributed by atoms with Crippen LogP contribution in [0.3, 0.4) is 0 Å². The quantitative estimate of drug-likeness (QED) is 0.359. The van der Waals surface area contributed by atoms with E-state index >= 15 is 0 Å². The van der Waals surface area contributed by atoms with Gasteiger partial charge in [0, 0.05) is 14.8 Å². The van der Waals surface area contributed by atoms with E-state index in [9.17, 15) is 9.59 Å². The summed E-state index contributed by atoms with van der Waals surface area (Å²) in [5, 5.41) is 7.00. The van der Waals surface area contributed by atoms with Crippen molar-refractivity contribution in [1.82, 2.24) is 10.4 Å². The number of fused-ring (bicyclic) bond motifs is 2. The van der Waals surface area contributed by atoms with Crippen molar-refractivity contribution in [2.75, 3.05) is 5.32 Å². The highest BCUT2D eigenvalue weighted by Crippen LogP contribution is 2.34. The maximum Gasteiger partial charge on any atom is 0.276 e. The molecule has 2 N–H and O–H groups in total. The Hall–Kier alpha value is -3.39. The van der Waals surface area contributed by atoms with Gasteiger partial charge in [-0.25, -0.2) is 5.01 Å². The van der Waals surface area contributed by atoms with Crippen LogP contribution in [0.1, 0.15) is 32.4 Å². The molecule has 6 heteroatoms. The molecule has 0 bridgehead atoms. The number of nitrogens with one attached hydrogen (secondary N) is 2. The number of carbonyl (C=O) groups is 2. The van der Waals surface area contributed by atoms with Crippen molar-refractivity contribution in [2.24, 2.45) is 0 Å². The number of hydrogen-bond acceptors (Lipinski definition) is 3. The fourth-order valence-corrected chi connectivity index (χ4v) is 4.26. The van der Waals surface area contributed by atoms with Crippen LogP contribution in [0, 0.1) is 3.57 Å². The van der Waals surface area contributed by atoms with Gasteiger partial charge in [-0.2, -0.15) is 0 Å². The van der Waals surface area contributed by atoms with Crippen LogP contribution in [0.5, 0.6) is 0 Å². The summed E-state index contributed by atoms with van der Waals surface area (Å²) in [7, 11) is 0. The average molecular weight is 519 g/mol. The van der Waals surface area contributed by atoms with Gasteiger partial charge >= 0.3 is 0 Å². The number of hydrazine groups is 1. The van der Waals surface area contributed by atoms with Crippen molar-refractivity contribution in [3.8, 4) is 0 Å². The van der Waals surface area contributed by atoms with Gasteiger partial charge in [-0.05, 0) is 75.3 Å². The largest absolute Gasteiger partial charge is 0.359 e. The van der Waals surface area contributed by atoms with Gasteiger partial charge in [-0.3, -0.25) is 15.0 Å². The molecule has 152 valence electrons. The second-order valence-corrected chi connectivity index (χ2v) is 8.57. The predicted molar refractivity (Wildman–Crippen MR) is 130 cm³/mol. The van der Waals surface area contributed by atoms with Crippen molar-refractivity contribution >= 4 is 50.9 Å². The molecule has 0 fully saturated rings. The summed E-state index contributed by atoms with van der Waals surface area (Å²) >= 11 is 2.18. The van der Waals surface area contributed by atoms with E-state index in [-0.39, 0.29) is 11.8 Å². The van der Waals surface area contributed by atoms with Crippen molar-refractivity contribution in [2.45, 2.75) is 6.17 Å². The molecule has 1 atom stereocenters. The number of anilines is 1. The van der Waals surface area contributed by atoms with Gasteiger partial charge in [0.1, 0.15) is 6.17 Å². The molecule has 1 aliphatic rings. The molecule has 2 amide bonds. The lowest BCUT2D eigenvalue weighted by molar-refractivity contribution is 0.0491. The topological polar surface area (TPSA) is 61.4 Å². The zero-order valence-corrected chi connectivity index (χ0v) is 18.5. The van der Waals surface area contributed by atoms with Gasteiger partial charge < -0.3 is 5.32 Å². The Balaban J connectivity index is 1.58. The van der Waals surface area contributed by atoms with E-state index in [1.54, 1.807) is 24.3 Å². The van der Waals surface area contributed by atoms with E-state index in [0.29, 0.717) is 11.1 Å². The number of rotatable bonds is 3. The first kappa shape index (κ1) is 19.6. The molecule has 1 aliphatic heterocycles. The molecule has 0 spiro atoms. The van der Waals surface area contributed by atoms with E-state index in [1.165, 1.54) is 5.01 Å². The van der Waals surface area contributed by atoms with E-state index < -0.39 is 6.17 Å². The maximum absolute atomic E-state index is 13.5. The van der Waals surface area contributed by atoms with Crippen LogP contribution in [-0.2, 0) is 0 Å². The molecule has 5 rings (SSSR count). The van der Waals surface area contributed by atoms with E-state index in [4.69, 9.17) is 0 Å². The Kier molecular flexibility index (Phi) is 5.07. The zero-order valence-electron chi connectivity index (χ0n) is 16.4. The number of hydrogen-bond donors (Lipinski definition) is 2. The van der Waals surface area contributed by atoms with E-state index in [0.717, 1.165) is 25.6 Å². The lowest BCUT2D eigenvalue weighted by Crippen LogP contribution is -2.52. The number of carbonyl (C=O) groups excluding carboxylic acids is 2. The van der Waals surface area contributed by atoms with Gasteiger partial charge in [0.05, 0.1) is 5.56 Å². The molecule has 1 heterocycles. The Morgan fingerprint density at radius 3 is 2.42 bits per heavy atom. The maximum atomic E-state index is 13.5. The Bertz CT molecular complexity index is 1310.